The highest BCUT2D eigenvalue weighted by Gasteiger charge is 2.26. The first-order valence-corrected chi connectivity index (χ1v) is 7.84. The lowest BCUT2D eigenvalue weighted by Crippen LogP contribution is -2.53. The van der Waals surface area contributed by atoms with Crippen LogP contribution in [0.15, 0.2) is 60.7 Å². The molecule has 0 aliphatic rings. The van der Waals surface area contributed by atoms with E-state index in [1.807, 2.05) is 60.7 Å². The van der Waals surface area contributed by atoms with Crippen LogP contribution in [0.4, 0.5) is 9.59 Å². The van der Waals surface area contributed by atoms with Crippen molar-refractivity contribution in [3.05, 3.63) is 71.8 Å². The minimum atomic E-state index is -1.75. The van der Waals surface area contributed by atoms with Crippen LogP contribution in [-0.2, 0) is 13.0 Å². The predicted molar refractivity (Wildman–Crippen MR) is 94.5 cm³/mol. The Balaban J connectivity index is 1.81. The Kier molecular flexibility index (Phi) is 7.00. The molecule has 2 aromatic rings. The summed E-state index contributed by atoms with van der Waals surface area (Å²) in [5.41, 5.74) is 1.72. The molecular weight excluding hydrogens is 321 g/mol. The Morgan fingerprint density at radius 3 is 2.00 bits per heavy atom. The van der Waals surface area contributed by atoms with Crippen LogP contribution in [0.3, 0.4) is 0 Å². The zero-order chi connectivity index (χ0) is 18.1. The number of carbonyl (C=O) groups is 2. The molecule has 0 saturated carbocycles. The van der Waals surface area contributed by atoms with Gasteiger partial charge in [0.15, 0.2) is 0 Å². The van der Waals surface area contributed by atoms with Gasteiger partial charge in [-0.1, -0.05) is 60.7 Å². The van der Waals surface area contributed by atoms with Crippen molar-refractivity contribution < 1.29 is 19.6 Å². The average molecular weight is 341 g/mol. The number of carbonyl (C=O) groups excluding carboxylic acids is 2. The molecule has 0 aromatic heterocycles. The molecule has 0 bridgehead atoms. The summed E-state index contributed by atoms with van der Waals surface area (Å²) in [6, 6.07) is 16.8. The van der Waals surface area contributed by atoms with Crippen molar-refractivity contribution in [3.8, 4) is 0 Å². The van der Waals surface area contributed by atoms with Crippen molar-refractivity contribution in [2.75, 3.05) is 0 Å². The summed E-state index contributed by atoms with van der Waals surface area (Å²) in [6.07, 6.45) is 0.220. The molecule has 7 nitrogen and oxygen atoms in total. The zero-order valence-electron chi connectivity index (χ0n) is 13.6. The molecule has 2 aromatic carbocycles. The molecule has 4 amide bonds. The smallest absolute Gasteiger partial charge is 0.426 e. The van der Waals surface area contributed by atoms with E-state index in [2.05, 4.69) is 16.0 Å². The molecule has 25 heavy (non-hydrogen) atoms. The van der Waals surface area contributed by atoms with Crippen LogP contribution in [0.25, 0.3) is 0 Å². The van der Waals surface area contributed by atoms with E-state index < -0.39 is 25.1 Å². The standard InChI is InChI=1S/C17H20BN3O4/c22-16(19-12-14-9-5-2-6-10-14)21-17(23)20-15(18(24)25)11-13-7-3-1-4-8-13/h1-10,15,24-25H,11-12H2,(H3,19,20,21,22,23). The topological polar surface area (TPSA) is 111 Å². The highest BCUT2D eigenvalue weighted by molar-refractivity contribution is 6.43. The number of hydrogen-bond acceptors (Lipinski definition) is 4. The maximum Gasteiger partial charge on any atom is 0.475 e. The molecule has 0 aliphatic heterocycles. The summed E-state index contributed by atoms with van der Waals surface area (Å²) in [6.45, 7) is 0.274. The van der Waals surface area contributed by atoms with Crippen LogP contribution in [0.2, 0.25) is 0 Å². The maximum atomic E-state index is 11.9. The second-order valence-corrected chi connectivity index (χ2v) is 5.48. The van der Waals surface area contributed by atoms with Crippen molar-refractivity contribution >= 4 is 19.2 Å². The molecule has 5 N–H and O–H groups in total. The Hall–Kier alpha value is -2.84. The lowest BCUT2D eigenvalue weighted by atomic mass is 9.76. The average Bonchev–Trinajstić information content (AvgIpc) is 2.61. The second kappa shape index (κ2) is 9.46. The number of nitrogens with one attached hydrogen (secondary N) is 3. The number of imide groups is 1. The van der Waals surface area contributed by atoms with E-state index in [1.165, 1.54) is 0 Å². The molecule has 0 fully saturated rings. The van der Waals surface area contributed by atoms with E-state index in [4.69, 9.17) is 0 Å². The summed E-state index contributed by atoms with van der Waals surface area (Å²) < 4.78 is 0. The highest BCUT2D eigenvalue weighted by Crippen LogP contribution is 2.04. The highest BCUT2D eigenvalue weighted by atomic mass is 16.4. The Labute approximate surface area is 146 Å². The van der Waals surface area contributed by atoms with Gasteiger partial charge >= 0.3 is 19.2 Å². The molecule has 0 radical (unpaired) electrons. The molecule has 2 rings (SSSR count). The van der Waals surface area contributed by atoms with Crippen LogP contribution in [0, 0.1) is 0 Å². The lowest BCUT2D eigenvalue weighted by molar-refractivity contribution is 0.225. The van der Waals surface area contributed by atoms with Crippen LogP contribution in [0.1, 0.15) is 11.1 Å². The molecule has 0 saturated heterocycles. The van der Waals surface area contributed by atoms with E-state index in [9.17, 15) is 19.6 Å². The molecule has 1 unspecified atom stereocenters. The summed E-state index contributed by atoms with van der Waals surface area (Å²) in [5.74, 6) is -0.940. The first kappa shape index (κ1) is 18.5. The predicted octanol–water partition coefficient (Wildman–Crippen LogP) is 0.819. The SMILES string of the molecule is O=C(NCc1ccccc1)NC(=O)NC(Cc1ccccc1)B(O)O. The molecule has 0 spiro atoms. The van der Waals surface area contributed by atoms with Crippen LogP contribution < -0.4 is 16.0 Å². The molecule has 1 atom stereocenters. The minimum Gasteiger partial charge on any atom is -0.426 e. The van der Waals surface area contributed by atoms with Gasteiger partial charge in [-0.05, 0) is 17.5 Å². The fourth-order valence-corrected chi connectivity index (χ4v) is 2.23. The summed E-state index contributed by atoms with van der Waals surface area (Å²) in [7, 11) is -1.75. The second-order valence-electron chi connectivity index (χ2n) is 5.48. The van der Waals surface area contributed by atoms with Gasteiger partial charge in [0.05, 0.1) is 5.94 Å². The number of urea groups is 2. The molecular formula is C17H20BN3O4. The Morgan fingerprint density at radius 1 is 0.880 bits per heavy atom. The van der Waals surface area contributed by atoms with Crippen LogP contribution in [-0.4, -0.2) is 35.2 Å². The van der Waals surface area contributed by atoms with Gasteiger partial charge in [-0.2, -0.15) is 0 Å². The van der Waals surface area contributed by atoms with Crippen molar-refractivity contribution in [2.24, 2.45) is 0 Å². The van der Waals surface area contributed by atoms with E-state index >= 15 is 0 Å². The van der Waals surface area contributed by atoms with Gasteiger partial charge in [-0.25, -0.2) is 9.59 Å². The minimum absolute atomic E-state index is 0.220. The normalized spacial score (nSPS) is 11.3. The largest absolute Gasteiger partial charge is 0.475 e. The van der Waals surface area contributed by atoms with Gasteiger partial charge in [-0.3, -0.25) is 5.32 Å². The third-order valence-electron chi connectivity index (χ3n) is 3.50. The van der Waals surface area contributed by atoms with Gasteiger partial charge in [0.25, 0.3) is 0 Å². The van der Waals surface area contributed by atoms with E-state index in [-0.39, 0.29) is 13.0 Å². The Morgan fingerprint density at radius 2 is 1.44 bits per heavy atom. The molecule has 130 valence electrons. The zero-order valence-corrected chi connectivity index (χ0v) is 13.6. The quantitative estimate of drug-likeness (QED) is 0.501. The summed E-state index contributed by atoms with van der Waals surface area (Å²) in [5, 5.41) is 25.9. The molecule has 8 heteroatoms. The lowest BCUT2D eigenvalue weighted by Gasteiger charge is -2.18. The first-order chi connectivity index (χ1) is 12.0. The third-order valence-corrected chi connectivity index (χ3v) is 3.50. The van der Waals surface area contributed by atoms with Gasteiger partial charge in [0.1, 0.15) is 0 Å². The first-order valence-electron chi connectivity index (χ1n) is 7.84. The van der Waals surface area contributed by atoms with Crippen molar-refractivity contribution in [2.45, 2.75) is 18.9 Å². The van der Waals surface area contributed by atoms with Gasteiger partial charge in [0.2, 0.25) is 0 Å². The Bertz CT molecular complexity index is 683. The van der Waals surface area contributed by atoms with Crippen molar-refractivity contribution in [3.63, 3.8) is 0 Å². The van der Waals surface area contributed by atoms with Crippen LogP contribution >= 0.6 is 0 Å². The van der Waals surface area contributed by atoms with Crippen molar-refractivity contribution in [1.82, 2.24) is 16.0 Å². The van der Waals surface area contributed by atoms with E-state index in [0.29, 0.717) is 0 Å². The van der Waals surface area contributed by atoms with Gasteiger partial charge in [-0.15, -0.1) is 0 Å². The van der Waals surface area contributed by atoms with E-state index in [0.717, 1.165) is 11.1 Å². The number of rotatable bonds is 6. The third kappa shape index (κ3) is 6.66. The molecule has 0 heterocycles. The maximum absolute atomic E-state index is 11.9. The van der Waals surface area contributed by atoms with Crippen molar-refractivity contribution in [1.29, 1.82) is 0 Å². The number of hydrogen-bond donors (Lipinski definition) is 5. The number of benzene rings is 2. The van der Waals surface area contributed by atoms with Crippen LogP contribution in [0.5, 0.6) is 0 Å². The monoisotopic (exact) mass is 341 g/mol. The molecule has 0 aliphatic carbocycles. The fourth-order valence-electron chi connectivity index (χ4n) is 2.23. The fraction of sp³-hybridized carbons (Fsp3) is 0.176. The number of amides is 4. The van der Waals surface area contributed by atoms with Gasteiger partial charge in [0, 0.05) is 6.54 Å². The summed E-state index contributed by atoms with van der Waals surface area (Å²) >= 11 is 0. The van der Waals surface area contributed by atoms with Gasteiger partial charge < -0.3 is 20.7 Å². The summed E-state index contributed by atoms with van der Waals surface area (Å²) in [4.78, 5) is 23.6. The van der Waals surface area contributed by atoms with E-state index in [1.54, 1.807) is 0 Å².